The molecule has 0 fully saturated rings. The fraction of sp³-hybridized carbons (Fsp3) is 0. The van der Waals surface area contributed by atoms with E-state index in [9.17, 15) is 9.59 Å². The number of nitrogens with two attached hydrogens (primary N) is 1. The Morgan fingerprint density at radius 2 is 1.74 bits per heavy atom. The molecule has 6 heteroatoms. The summed E-state index contributed by atoms with van der Waals surface area (Å²) >= 11 is 0. The van der Waals surface area contributed by atoms with E-state index in [1.807, 2.05) is 0 Å². The SMILES string of the molecule is NC(=O)Nc1cccc(NC(=O)c2ccccn2)c1. The smallest absolute Gasteiger partial charge is 0.316 e. The first-order valence-corrected chi connectivity index (χ1v) is 5.54. The van der Waals surface area contributed by atoms with Gasteiger partial charge in [0.2, 0.25) is 0 Å². The van der Waals surface area contributed by atoms with Crippen molar-refractivity contribution in [3.63, 3.8) is 0 Å². The molecule has 1 aromatic heterocycles. The molecule has 0 aliphatic rings. The quantitative estimate of drug-likeness (QED) is 0.781. The monoisotopic (exact) mass is 256 g/mol. The number of pyridine rings is 1. The van der Waals surface area contributed by atoms with Crippen LogP contribution in [0.4, 0.5) is 16.2 Å². The minimum Gasteiger partial charge on any atom is -0.351 e. The van der Waals surface area contributed by atoms with Crippen molar-refractivity contribution in [1.82, 2.24) is 4.98 Å². The maximum Gasteiger partial charge on any atom is 0.316 e. The molecular weight excluding hydrogens is 244 g/mol. The second-order valence-electron chi connectivity index (χ2n) is 3.74. The van der Waals surface area contributed by atoms with E-state index in [2.05, 4.69) is 15.6 Å². The number of aromatic nitrogens is 1. The first-order chi connectivity index (χ1) is 9.15. The van der Waals surface area contributed by atoms with E-state index in [0.717, 1.165) is 0 Å². The van der Waals surface area contributed by atoms with Crippen LogP contribution in [0.3, 0.4) is 0 Å². The Balaban J connectivity index is 2.11. The molecule has 0 bridgehead atoms. The van der Waals surface area contributed by atoms with E-state index in [1.54, 1.807) is 48.7 Å². The van der Waals surface area contributed by atoms with Crippen LogP contribution in [0.1, 0.15) is 10.5 Å². The number of nitrogens with one attached hydrogen (secondary N) is 2. The van der Waals surface area contributed by atoms with Gasteiger partial charge in [-0.2, -0.15) is 0 Å². The van der Waals surface area contributed by atoms with Crippen molar-refractivity contribution in [1.29, 1.82) is 0 Å². The molecule has 0 spiro atoms. The third-order valence-corrected chi connectivity index (χ3v) is 2.29. The Morgan fingerprint density at radius 3 is 2.37 bits per heavy atom. The molecule has 3 amide bonds. The Labute approximate surface area is 109 Å². The molecule has 4 N–H and O–H groups in total. The van der Waals surface area contributed by atoms with E-state index in [0.29, 0.717) is 17.1 Å². The van der Waals surface area contributed by atoms with Crippen LogP contribution in [-0.4, -0.2) is 16.9 Å². The fourth-order valence-corrected chi connectivity index (χ4v) is 1.51. The molecule has 6 nitrogen and oxygen atoms in total. The molecule has 0 aliphatic carbocycles. The van der Waals surface area contributed by atoms with Gasteiger partial charge in [-0.1, -0.05) is 12.1 Å². The van der Waals surface area contributed by atoms with Gasteiger partial charge in [0.15, 0.2) is 0 Å². The zero-order valence-corrected chi connectivity index (χ0v) is 9.96. The lowest BCUT2D eigenvalue weighted by Crippen LogP contribution is -2.19. The highest BCUT2D eigenvalue weighted by atomic mass is 16.2. The predicted molar refractivity (Wildman–Crippen MR) is 71.8 cm³/mol. The predicted octanol–water partition coefficient (Wildman–Crippen LogP) is 1.82. The van der Waals surface area contributed by atoms with Gasteiger partial charge in [0, 0.05) is 17.6 Å². The molecule has 2 aromatic rings. The normalized spacial score (nSPS) is 9.68. The van der Waals surface area contributed by atoms with Gasteiger partial charge in [0.25, 0.3) is 5.91 Å². The van der Waals surface area contributed by atoms with E-state index in [1.165, 1.54) is 0 Å². The highest BCUT2D eigenvalue weighted by Gasteiger charge is 2.07. The molecule has 0 unspecified atom stereocenters. The molecule has 0 aliphatic heterocycles. The summed E-state index contributed by atoms with van der Waals surface area (Å²) in [5.74, 6) is -0.322. The fourth-order valence-electron chi connectivity index (χ4n) is 1.51. The number of carbonyl (C=O) groups is 2. The summed E-state index contributed by atoms with van der Waals surface area (Å²) in [6.45, 7) is 0. The molecule has 0 saturated carbocycles. The standard InChI is InChI=1S/C13H12N4O2/c14-13(19)17-10-5-3-4-9(8-10)16-12(18)11-6-1-2-7-15-11/h1-8H,(H,16,18)(H3,14,17,19). The summed E-state index contributed by atoms with van der Waals surface area (Å²) in [5.41, 5.74) is 6.38. The van der Waals surface area contributed by atoms with Crippen LogP contribution in [0.5, 0.6) is 0 Å². The lowest BCUT2D eigenvalue weighted by Gasteiger charge is -2.07. The molecule has 0 saturated heterocycles. The summed E-state index contributed by atoms with van der Waals surface area (Å²) < 4.78 is 0. The number of nitrogens with zero attached hydrogens (tertiary/aromatic N) is 1. The summed E-state index contributed by atoms with van der Waals surface area (Å²) in [4.78, 5) is 26.5. The number of carbonyl (C=O) groups excluding carboxylic acids is 2. The minimum absolute atomic E-state index is 0.316. The van der Waals surface area contributed by atoms with Crippen LogP contribution >= 0.6 is 0 Å². The maximum atomic E-state index is 11.9. The molecule has 96 valence electrons. The number of urea groups is 1. The Kier molecular flexibility index (Phi) is 3.72. The summed E-state index contributed by atoms with van der Waals surface area (Å²) in [6.07, 6.45) is 1.54. The van der Waals surface area contributed by atoms with Crippen molar-refractivity contribution in [2.45, 2.75) is 0 Å². The van der Waals surface area contributed by atoms with E-state index < -0.39 is 6.03 Å². The number of hydrogen-bond acceptors (Lipinski definition) is 3. The van der Waals surface area contributed by atoms with E-state index in [-0.39, 0.29) is 5.91 Å². The number of anilines is 2. The highest BCUT2D eigenvalue weighted by Crippen LogP contribution is 2.15. The van der Waals surface area contributed by atoms with Gasteiger partial charge in [-0.3, -0.25) is 9.78 Å². The topological polar surface area (TPSA) is 97.1 Å². The first kappa shape index (κ1) is 12.6. The first-order valence-electron chi connectivity index (χ1n) is 5.54. The van der Waals surface area contributed by atoms with Crippen LogP contribution in [0, 0.1) is 0 Å². The van der Waals surface area contributed by atoms with Gasteiger partial charge >= 0.3 is 6.03 Å². The van der Waals surface area contributed by atoms with Crippen molar-refractivity contribution < 1.29 is 9.59 Å². The summed E-state index contributed by atoms with van der Waals surface area (Å²) in [5, 5.41) is 5.11. The van der Waals surface area contributed by atoms with E-state index in [4.69, 9.17) is 5.73 Å². The van der Waals surface area contributed by atoms with Gasteiger partial charge in [-0.05, 0) is 30.3 Å². The van der Waals surface area contributed by atoms with Gasteiger partial charge in [0.05, 0.1) is 0 Å². The number of hydrogen-bond donors (Lipinski definition) is 3. The van der Waals surface area contributed by atoms with Crippen LogP contribution in [0.15, 0.2) is 48.7 Å². The van der Waals surface area contributed by atoms with Gasteiger partial charge in [-0.15, -0.1) is 0 Å². The van der Waals surface area contributed by atoms with Gasteiger partial charge in [-0.25, -0.2) is 4.79 Å². The van der Waals surface area contributed by atoms with Crippen LogP contribution in [-0.2, 0) is 0 Å². The number of benzene rings is 1. The third kappa shape index (κ3) is 3.53. The second-order valence-corrected chi connectivity index (χ2v) is 3.74. The molecule has 2 rings (SSSR count). The third-order valence-electron chi connectivity index (χ3n) is 2.29. The van der Waals surface area contributed by atoms with Crippen molar-refractivity contribution in [3.05, 3.63) is 54.4 Å². The van der Waals surface area contributed by atoms with Crippen molar-refractivity contribution in [2.75, 3.05) is 10.6 Å². The summed E-state index contributed by atoms with van der Waals surface area (Å²) in [7, 11) is 0. The highest BCUT2D eigenvalue weighted by molar-refractivity contribution is 6.03. The Hall–Kier alpha value is -2.89. The lowest BCUT2D eigenvalue weighted by atomic mass is 10.2. The number of amides is 3. The average molecular weight is 256 g/mol. The Bertz CT molecular complexity index is 599. The van der Waals surface area contributed by atoms with Crippen LogP contribution in [0.25, 0.3) is 0 Å². The lowest BCUT2D eigenvalue weighted by molar-refractivity contribution is 0.102. The molecular formula is C13H12N4O2. The van der Waals surface area contributed by atoms with Crippen LogP contribution < -0.4 is 16.4 Å². The Morgan fingerprint density at radius 1 is 1.00 bits per heavy atom. The minimum atomic E-state index is -0.659. The number of primary amides is 1. The molecule has 1 aromatic carbocycles. The largest absolute Gasteiger partial charge is 0.351 e. The van der Waals surface area contributed by atoms with Crippen molar-refractivity contribution in [2.24, 2.45) is 5.73 Å². The zero-order chi connectivity index (χ0) is 13.7. The summed E-state index contributed by atoms with van der Waals surface area (Å²) in [6, 6.07) is 11.1. The molecule has 19 heavy (non-hydrogen) atoms. The van der Waals surface area contributed by atoms with Crippen molar-refractivity contribution >= 4 is 23.3 Å². The average Bonchev–Trinajstić information content (AvgIpc) is 2.39. The van der Waals surface area contributed by atoms with Crippen molar-refractivity contribution in [3.8, 4) is 0 Å². The zero-order valence-electron chi connectivity index (χ0n) is 9.96. The second kappa shape index (κ2) is 5.63. The van der Waals surface area contributed by atoms with E-state index >= 15 is 0 Å². The van der Waals surface area contributed by atoms with Crippen LogP contribution in [0.2, 0.25) is 0 Å². The maximum absolute atomic E-state index is 11.9. The molecule has 0 radical (unpaired) electrons. The molecule has 1 heterocycles. The van der Waals surface area contributed by atoms with Gasteiger partial charge in [0.1, 0.15) is 5.69 Å². The van der Waals surface area contributed by atoms with Gasteiger partial charge < -0.3 is 16.4 Å². The number of rotatable bonds is 3. The molecule has 0 atom stereocenters.